The number of pyridine rings is 1. The SMILES string of the molecule is CN1CCN(C(=O)/C=C/c2ccccn2)[C@@H](CC#N)C1. The molecule has 1 amide bonds. The predicted molar refractivity (Wildman–Crippen MR) is 76.5 cm³/mol. The average molecular weight is 270 g/mol. The van der Waals surface area contributed by atoms with Crippen LogP contribution in [0.2, 0.25) is 0 Å². The number of carbonyl (C=O) groups excluding carboxylic acids is 1. The van der Waals surface area contributed by atoms with E-state index in [-0.39, 0.29) is 11.9 Å². The van der Waals surface area contributed by atoms with Crippen molar-refractivity contribution in [2.24, 2.45) is 0 Å². The molecule has 5 heteroatoms. The molecule has 2 rings (SSSR count). The van der Waals surface area contributed by atoms with E-state index < -0.39 is 0 Å². The van der Waals surface area contributed by atoms with Gasteiger partial charge in [0.15, 0.2) is 0 Å². The van der Waals surface area contributed by atoms with Gasteiger partial charge >= 0.3 is 0 Å². The Morgan fingerprint density at radius 1 is 1.55 bits per heavy atom. The van der Waals surface area contributed by atoms with Crippen LogP contribution < -0.4 is 0 Å². The molecule has 0 spiro atoms. The van der Waals surface area contributed by atoms with Gasteiger partial charge in [-0.15, -0.1) is 0 Å². The van der Waals surface area contributed by atoms with Crippen molar-refractivity contribution in [2.75, 3.05) is 26.7 Å². The molecule has 1 aliphatic rings. The van der Waals surface area contributed by atoms with Crippen LogP contribution in [0, 0.1) is 11.3 Å². The van der Waals surface area contributed by atoms with Gasteiger partial charge in [-0.1, -0.05) is 6.07 Å². The molecule has 0 saturated carbocycles. The van der Waals surface area contributed by atoms with E-state index in [1.807, 2.05) is 25.2 Å². The predicted octanol–water partition coefficient (Wildman–Crippen LogP) is 1.15. The Labute approximate surface area is 119 Å². The van der Waals surface area contributed by atoms with Crippen LogP contribution in [0.1, 0.15) is 12.1 Å². The first-order valence-electron chi connectivity index (χ1n) is 6.66. The van der Waals surface area contributed by atoms with Crippen molar-refractivity contribution in [1.29, 1.82) is 5.26 Å². The van der Waals surface area contributed by atoms with Crippen molar-refractivity contribution in [3.63, 3.8) is 0 Å². The van der Waals surface area contributed by atoms with Crippen molar-refractivity contribution in [3.8, 4) is 6.07 Å². The number of nitrogens with zero attached hydrogens (tertiary/aromatic N) is 4. The zero-order chi connectivity index (χ0) is 14.4. The lowest BCUT2D eigenvalue weighted by Crippen LogP contribution is -2.53. The van der Waals surface area contributed by atoms with Crippen LogP contribution in [0.15, 0.2) is 30.5 Å². The maximum Gasteiger partial charge on any atom is 0.247 e. The van der Waals surface area contributed by atoms with Crippen LogP contribution in [0.4, 0.5) is 0 Å². The molecule has 0 radical (unpaired) electrons. The number of hydrogen-bond acceptors (Lipinski definition) is 4. The first-order chi connectivity index (χ1) is 9.70. The lowest BCUT2D eigenvalue weighted by Gasteiger charge is -2.38. The molecule has 2 heterocycles. The molecule has 5 nitrogen and oxygen atoms in total. The molecular formula is C15H18N4O. The Hall–Kier alpha value is -2.19. The van der Waals surface area contributed by atoms with Gasteiger partial charge in [-0.2, -0.15) is 5.26 Å². The molecule has 1 saturated heterocycles. The Morgan fingerprint density at radius 3 is 3.10 bits per heavy atom. The Morgan fingerprint density at radius 2 is 2.40 bits per heavy atom. The van der Waals surface area contributed by atoms with Gasteiger partial charge < -0.3 is 9.80 Å². The van der Waals surface area contributed by atoms with Crippen molar-refractivity contribution in [2.45, 2.75) is 12.5 Å². The molecule has 104 valence electrons. The van der Waals surface area contributed by atoms with Crippen LogP contribution in [0.5, 0.6) is 0 Å². The van der Waals surface area contributed by atoms with E-state index >= 15 is 0 Å². The number of likely N-dealkylation sites (N-methyl/N-ethyl adjacent to an activating group) is 1. The first-order valence-corrected chi connectivity index (χ1v) is 6.66. The van der Waals surface area contributed by atoms with Crippen LogP contribution in [0.3, 0.4) is 0 Å². The number of amides is 1. The zero-order valence-corrected chi connectivity index (χ0v) is 11.6. The number of nitriles is 1. The second kappa shape index (κ2) is 6.83. The summed E-state index contributed by atoms with van der Waals surface area (Å²) < 4.78 is 0. The number of carbonyl (C=O) groups is 1. The van der Waals surface area contributed by atoms with Gasteiger partial charge in [0.1, 0.15) is 0 Å². The van der Waals surface area contributed by atoms with E-state index in [9.17, 15) is 4.79 Å². The molecule has 1 aromatic heterocycles. The van der Waals surface area contributed by atoms with Gasteiger partial charge in [-0.3, -0.25) is 9.78 Å². The molecule has 0 bridgehead atoms. The fourth-order valence-corrected chi connectivity index (χ4v) is 2.31. The van der Waals surface area contributed by atoms with E-state index in [0.29, 0.717) is 13.0 Å². The summed E-state index contributed by atoms with van der Waals surface area (Å²) in [4.78, 5) is 20.3. The third kappa shape index (κ3) is 3.65. The highest BCUT2D eigenvalue weighted by Gasteiger charge is 2.27. The van der Waals surface area contributed by atoms with Gasteiger partial charge in [0, 0.05) is 31.9 Å². The van der Waals surface area contributed by atoms with Crippen LogP contribution in [-0.4, -0.2) is 53.4 Å². The summed E-state index contributed by atoms with van der Waals surface area (Å²) in [6.45, 7) is 2.25. The van der Waals surface area contributed by atoms with Crippen molar-refractivity contribution >= 4 is 12.0 Å². The van der Waals surface area contributed by atoms with E-state index in [4.69, 9.17) is 5.26 Å². The number of aromatic nitrogens is 1. The first kappa shape index (κ1) is 14.2. The lowest BCUT2D eigenvalue weighted by molar-refractivity contribution is -0.130. The van der Waals surface area contributed by atoms with Gasteiger partial charge in [0.25, 0.3) is 0 Å². The molecule has 20 heavy (non-hydrogen) atoms. The van der Waals surface area contributed by atoms with Crippen molar-refractivity contribution in [3.05, 3.63) is 36.2 Å². The van der Waals surface area contributed by atoms with Gasteiger partial charge in [-0.05, 0) is 25.3 Å². The molecular weight excluding hydrogens is 252 g/mol. The Bertz CT molecular complexity index is 520. The summed E-state index contributed by atoms with van der Waals surface area (Å²) >= 11 is 0. The summed E-state index contributed by atoms with van der Waals surface area (Å²) in [6.07, 6.45) is 5.31. The molecule has 1 atom stereocenters. The standard InChI is InChI=1S/C15H18N4O/c1-18-10-11-19(14(12-18)7-8-16)15(20)6-5-13-4-2-3-9-17-13/h2-6,9,14H,7,10-12H2,1H3/b6-5+/t14-/m0/s1. The van der Waals surface area contributed by atoms with Crippen molar-refractivity contribution in [1.82, 2.24) is 14.8 Å². The summed E-state index contributed by atoms with van der Waals surface area (Å²) in [7, 11) is 2.01. The number of hydrogen-bond donors (Lipinski definition) is 0. The van der Waals surface area contributed by atoms with E-state index in [2.05, 4.69) is 16.0 Å². The second-order valence-electron chi connectivity index (χ2n) is 4.90. The van der Waals surface area contributed by atoms with Gasteiger partial charge in [0.2, 0.25) is 5.91 Å². The largest absolute Gasteiger partial charge is 0.333 e. The third-order valence-electron chi connectivity index (χ3n) is 3.38. The minimum absolute atomic E-state index is 0.0281. The number of rotatable bonds is 3. The Balaban J connectivity index is 2.03. The van der Waals surface area contributed by atoms with E-state index in [1.165, 1.54) is 6.08 Å². The van der Waals surface area contributed by atoms with Crippen molar-refractivity contribution < 1.29 is 4.79 Å². The molecule has 1 aliphatic heterocycles. The van der Waals surface area contributed by atoms with E-state index in [0.717, 1.165) is 18.8 Å². The maximum atomic E-state index is 12.2. The lowest BCUT2D eigenvalue weighted by atomic mass is 10.1. The maximum absolute atomic E-state index is 12.2. The van der Waals surface area contributed by atoms with E-state index in [1.54, 1.807) is 17.2 Å². The summed E-state index contributed by atoms with van der Waals surface area (Å²) in [6, 6.07) is 7.70. The molecule has 0 aliphatic carbocycles. The monoisotopic (exact) mass is 270 g/mol. The highest BCUT2D eigenvalue weighted by atomic mass is 16.2. The van der Waals surface area contributed by atoms with Crippen LogP contribution in [-0.2, 0) is 4.79 Å². The minimum Gasteiger partial charge on any atom is -0.333 e. The summed E-state index contributed by atoms with van der Waals surface area (Å²) in [5, 5.41) is 8.88. The highest BCUT2D eigenvalue weighted by molar-refractivity contribution is 5.91. The fraction of sp³-hybridized carbons (Fsp3) is 0.400. The summed E-state index contributed by atoms with van der Waals surface area (Å²) in [5.74, 6) is -0.0518. The van der Waals surface area contributed by atoms with Crippen LogP contribution >= 0.6 is 0 Å². The third-order valence-corrected chi connectivity index (χ3v) is 3.38. The molecule has 0 unspecified atom stereocenters. The topological polar surface area (TPSA) is 60.2 Å². The zero-order valence-electron chi connectivity index (χ0n) is 11.6. The highest BCUT2D eigenvalue weighted by Crippen LogP contribution is 2.12. The average Bonchev–Trinajstić information content (AvgIpc) is 2.46. The van der Waals surface area contributed by atoms with Gasteiger partial charge in [0.05, 0.1) is 24.2 Å². The number of piperazine rings is 1. The smallest absolute Gasteiger partial charge is 0.247 e. The quantitative estimate of drug-likeness (QED) is 0.773. The minimum atomic E-state index is -0.0518. The normalized spacial score (nSPS) is 20.0. The molecule has 0 aromatic carbocycles. The fourth-order valence-electron chi connectivity index (χ4n) is 2.31. The van der Waals surface area contributed by atoms with Crippen LogP contribution in [0.25, 0.3) is 6.08 Å². The Kier molecular flexibility index (Phi) is 4.85. The van der Waals surface area contributed by atoms with Gasteiger partial charge in [-0.25, -0.2) is 0 Å². The molecule has 0 N–H and O–H groups in total. The molecule has 1 aromatic rings. The second-order valence-corrected chi connectivity index (χ2v) is 4.90. The molecule has 1 fully saturated rings. The summed E-state index contributed by atoms with van der Waals surface area (Å²) in [5.41, 5.74) is 0.756.